The van der Waals surface area contributed by atoms with Gasteiger partial charge < -0.3 is 9.84 Å². The van der Waals surface area contributed by atoms with Gasteiger partial charge in [0.05, 0.1) is 18.5 Å². The number of hydrogen-bond acceptors (Lipinski definition) is 6. The van der Waals surface area contributed by atoms with E-state index >= 15 is 0 Å². The first-order valence-electron chi connectivity index (χ1n) is 5.17. The van der Waals surface area contributed by atoms with Gasteiger partial charge in [-0.3, -0.25) is 19.9 Å². The van der Waals surface area contributed by atoms with E-state index in [9.17, 15) is 20.0 Å². The average molecular weight is 286 g/mol. The van der Waals surface area contributed by atoms with Gasteiger partial charge in [0.2, 0.25) is 0 Å². The Kier molecular flexibility index (Phi) is 5.25. The first-order chi connectivity index (χ1) is 8.95. The van der Waals surface area contributed by atoms with E-state index < -0.39 is 22.3 Å². The van der Waals surface area contributed by atoms with E-state index in [1.54, 1.807) is 0 Å². The summed E-state index contributed by atoms with van der Waals surface area (Å²) >= 11 is 5.67. The molecule has 0 spiro atoms. The van der Waals surface area contributed by atoms with E-state index in [-0.39, 0.29) is 23.6 Å². The molecule has 0 fully saturated rings. The molecule has 0 aliphatic carbocycles. The van der Waals surface area contributed by atoms with Crippen LogP contribution in [0.2, 0.25) is 5.02 Å². The van der Waals surface area contributed by atoms with E-state index in [1.165, 1.54) is 13.2 Å². The molecule has 0 unspecified atom stereocenters. The molecule has 0 heterocycles. The predicted octanol–water partition coefficient (Wildman–Crippen LogP) is 1.30. The van der Waals surface area contributed by atoms with Crippen LogP contribution in [0.15, 0.2) is 17.1 Å². The Balaban J connectivity index is 2.86. The highest BCUT2D eigenvalue weighted by atomic mass is 35.5. The van der Waals surface area contributed by atoms with Crippen molar-refractivity contribution < 1.29 is 19.6 Å². The third-order valence-corrected chi connectivity index (χ3v) is 2.38. The second-order valence-electron chi connectivity index (χ2n) is 3.46. The van der Waals surface area contributed by atoms with Crippen molar-refractivity contribution >= 4 is 29.5 Å². The van der Waals surface area contributed by atoms with Crippen LogP contribution in [-0.4, -0.2) is 30.8 Å². The number of halogens is 1. The number of methoxy groups -OCH3 is 1. The fraction of sp³-hybridized carbons (Fsp3) is 0.273. The van der Waals surface area contributed by atoms with Gasteiger partial charge in [-0.25, -0.2) is 0 Å². The molecule has 0 amide bonds. The van der Waals surface area contributed by atoms with Gasteiger partial charge in [-0.05, 0) is 17.4 Å². The van der Waals surface area contributed by atoms with Gasteiger partial charge in [-0.2, -0.15) is 0 Å². The summed E-state index contributed by atoms with van der Waals surface area (Å²) in [5, 5.41) is 22.4. The maximum absolute atomic E-state index is 11.7. The lowest BCUT2D eigenvalue weighted by molar-refractivity contribution is -0.398. The fourth-order valence-electron chi connectivity index (χ4n) is 1.25. The zero-order valence-electron chi connectivity index (χ0n) is 9.96. The number of benzene rings is 1. The number of rotatable bonds is 5. The second kappa shape index (κ2) is 6.69. The number of nitro benzene ring substituents is 1. The molecule has 0 aliphatic heterocycles. The summed E-state index contributed by atoms with van der Waals surface area (Å²) in [5.74, 6) is -1.20. The van der Waals surface area contributed by atoms with Crippen LogP contribution in [0.5, 0.6) is 5.75 Å². The molecule has 1 rings (SSSR count). The Hall–Kier alpha value is -2.15. The normalized spacial score (nSPS) is 10.6. The first-order valence-corrected chi connectivity index (χ1v) is 5.55. The molecule has 1 aromatic carbocycles. The van der Waals surface area contributed by atoms with Crippen molar-refractivity contribution in [2.24, 2.45) is 4.99 Å². The van der Waals surface area contributed by atoms with Crippen LogP contribution in [0.25, 0.3) is 0 Å². The summed E-state index contributed by atoms with van der Waals surface area (Å²) in [6.07, 6.45) is 1.22. The van der Waals surface area contributed by atoms with Crippen molar-refractivity contribution in [1.82, 2.24) is 0 Å². The van der Waals surface area contributed by atoms with Crippen LogP contribution in [0.1, 0.15) is 12.0 Å². The summed E-state index contributed by atoms with van der Waals surface area (Å²) in [6, 6.07) is 2.26. The quantitative estimate of drug-likeness (QED) is 0.351. The molecule has 0 saturated carbocycles. The van der Waals surface area contributed by atoms with E-state index in [1.807, 2.05) is 0 Å². The highest BCUT2D eigenvalue weighted by Gasteiger charge is 2.11. The Morgan fingerprint density at radius 2 is 2.26 bits per heavy atom. The molecule has 0 atom stereocenters. The zero-order valence-corrected chi connectivity index (χ0v) is 10.7. The molecule has 102 valence electrons. The number of nitro groups is 1. The Morgan fingerprint density at radius 1 is 1.58 bits per heavy atom. The number of hydrogen-bond donors (Lipinski definition) is 0. The SMILES string of the molecule is COC(=O)CCN=Cc1cc(Cl)cc([N+](=O)[O-])c1[O-]. The van der Waals surface area contributed by atoms with Crippen LogP contribution in [0, 0.1) is 10.1 Å². The molecule has 19 heavy (non-hydrogen) atoms. The molecule has 0 aliphatic rings. The minimum absolute atomic E-state index is 0.00376. The van der Waals surface area contributed by atoms with Crippen LogP contribution < -0.4 is 5.11 Å². The highest BCUT2D eigenvalue weighted by Crippen LogP contribution is 2.29. The van der Waals surface area contributed by atoms with Gasteiger partial charge in [0.15, 0.2) is 0 Å². The topological polar surface area (TPSA) is 105 Å². The minimum Gasteiger partial charge on any atom is -0.867 e. The molecule has 0 N–H and O–H groups in total. The summed E-state index contributed by atoms with van der Waals surface area (Å²) < 4.78 is 4.41. The second-order valence-corrected chi connectivity index (χ2v) is 3.90. The third-order valence-electron chi connectivity index (χ3n) is 2.16. The van der Waals surface area contributed by atoms with E-state index in [4.69, 9.17) is 11.6 Å². The van der Waals surface area contributed by atoms with Crippen molar-refractivity contribution in [3.63, 3.8) is 0 Å². The van der Waals surface area contributed by atoms with Gasteiger partial charge >= 0.3 is 5.97 Å². The third kappa shape index (κ3) is 4.22. The van der Waals surface area contributed by atoms with Crippen LogP contribution >= 0.6 is 11.6 Å². The number of carbonyl (C=O) groups is 1. The fourth-order valence-corrected chi connectivity index (χ4v) is 1.47. The molecule has 1 aromatic rings. The summed E-state index contributed by atoms with van der Waals surface area (Å²) in [4.78, 5) is 24.5. The van der Waals surface area contributed by atoms with Crippen molar-refractivity contribution in [3.8, 4) is 5.75 Å². The number of carbonyl (C=O) groups excluding carboxylic acids is 1. The average Bonchev–Trinajstić information content (AvgIpc) is 2.37. The van der Waals surface area contributed by atoms with Crippen molar-refractivity contribution in [1.29, 1.82) is 0 Å². The largest absolute Gasteiger partial charge is 0.867 e. The molecule has 7 nitrogen and oxygen atoms in total. The summed E-state index contributed by atoms with van der Waals surface area (Å²) in [7, 11) is 1.25. The number of esters is 1. The smallest absolute Gasteiger partial charge is 0.307 e. The molecule has 0 saturated heterocycles. The number of nitrogens with zero attached hydrogens (tertiary/aromatic N) is 2. The molecule has 0 aromatic heterocycles. The predicted molar refractivity (Wildman–Crippen MR) is 66.6 cm³/mol. The maximum Gasteiger partial charge on any atom is 0.307 e. The van der Waals surface area contributed by atoms with Crippen molar-refractivity contribution in [3.05, 3.63) is 32.8 Å². The minimum atomic E-state index is -0.806. The summed E-state index contributed by atoms with van der Waals surface area (Å²) in [5.41, 5.74) is -0.606. The monoisotopic (exact) mass is 285 g/mol. The van der Waals surface area contributed by atoms with Crippen LogP contribution in [-0.2, 0) is 9.53 Å². The molecule has 0 radical (unpaired) electrons. The summed E-state index contributed by atoms with van der Waals surface area (Å²) in [6.45, 7) is 0.117. The van der Waals surface area contributed by atoms with Crippen molar-refractivity contribution in [2.75, 3.05) is 13.7 Å². The lowest BCUT2D eigenvalue weighted by Gasteiger charge is -2.10. The lowest BCUT2D eigenvalue weighted by Crippen LogP contribution is -2.04. The Bertz CT molecular complexity index is 530. The molecular weight excluding hydrogens is 276 g/mol. The van der Waals surface area contributed by atoms with Crippen molar-refractivity contribution in [2.45, 2.75) is 6.42 Å². The van der Waals surface area contributed by atoms with Gasteiger partial charge in [-0.15, -0.1) is 0 Å². The van der Waals surface area contributed by atoms with Crippen LogP contribution in [0.3, 0.4) is 0 Å². The maximum atomic E-state index is 11.7. The van der Waals surface area contributed by atoms with E-state index in [0.717, 1.165) is 12.3 Å². The van der Waals surface area contributed by atoms with E-state index in [0.29, 0.717) is 0 Å². The Morgan fingerprint density at radius 3 is 2.84 bits per heavy atom. The highest BCUT2D eigenvalue weighted by molar-refractivity contribution is 6.31. The number of ether oxygens (including phenoxy) is 1. The lowest BCUT2D eigenvalue weighted by atomic mass is 10.2. The standard InChI is InChI=1S/C11H11ClN2O5/c1-19-10(15)2-3-13-6-7-4-8(12)5-9(11(7)16)14(17)18/h4-6,16H,2-3H2,1H3/p-1. The molecular formula is C11H10ClN2O5-. The van der Waals surface area contributed by atoms with Crippen LogP contribution in [0.4, 0.5) is 5.69 Å². The number of aliphatic imine (C=N–C) groups is 1. The molecule has 8 heteroatoms. The van der Waals surface area contributed by atoms with Gasteiger partial charge in [0.1, 0.15) is 0 Å². The first kappa shape index (κ1) is 14.9. The van der Waals surface area contributed by atoms with Gasteiger partial charge in [0.25, 0.3) is 5.69 Å². The zero-order chi connectivity index (χ0) is 14.4. The molecule has 0 bridgehead atoms. The Labute approximate surface area is 113 Å². The van der Waals surface area contributed by atoms with Gasteiger partial charge in [-0.1, -0.05) is 11.6 Å². The van der Waals surface area contributed by atoms with Gasteiger partial charge in [0, 0.05) is 23.8 Å². The van der Waals surface area contributed by atoms with E-state index in [2.05, 4.69) is 9.73 Å².